The number of thioether (sulfide) groups is 2. The molecule has 1 heterocycles. The molecule has 0 fully saturated rings. The summed E-state index contributed by atoms with van der Waals surface area (Å²) in [5.41, 5.74) is 2.81. The van der Waals surface area contributed by atoms with Crippen LogP contribution in [0, 0.1) is 0 Å². The Morgan fingerprint density at radius 1 is 0.829 bits per heavy atom. The fourth-order valence-corrected chi connectivity index (χ4v) is 5.79. The molecule has 0 atom stereocenters. The number of fused-ring (bicyclic) bond motifs is 1. The van der Waals surface area contributed by atoms with Crippen LogP contribution < -0.4 is 10.6 Å². The number of thiazole rings is 1. The van der Waals surface area contributed by atoms with E-state index < -0.39 is 0 Å². The van der Waals surface area contributed by atoms with E-state index in [0.29, 0.717) is 16.3 Å². The molecule has 6 nitrogen and oxygen atoms in total. The predicted octanol–water partition coefficient (Wildman–Crippen LogP) is 6.24. The number of carbonyl (C=O) groups excluding carboxylic acids is 3. The molecule has 1 aromatic heterocycles. The molecule has 10 heteroatoms. The SMILES string of the molecule is O=C(CSCC(=O)Nc1ccc2nc(SCC(=O)c3ccc(Cl)cc3)sc2c1)Nc1ccccc1. The number of rotatable bonds is 10. The number of nitrogens with zero attached hydrogens (tertiary/aromatic N) is 1. The lowest BCUT2D eigenvalue weighted by atomic mass is 10.1. The number of ketones is 1. The minimum atomic E-state index is -0.186. The monoisotopic (exact) mass is 541 g/mol. The minimum Gasteiger partial charge on any atom is -0.325 e. The average molecular weight is 542 g/mol. The van der Waals surface area contributed by atoms with E-state index in [1.807, 2.05) is 42.5 Å². The van der Waals surface area contributed by atoms with E-state index in [2.05, 4.69) is 15.6 Å². The van der Waals surface area contributed by atoms with Crippen molar-refractivity contribution < 1.29 is 14.4 Å². The van der Waals surface area contributed by atoms with Crippen molar-refractivity contribution in [3.05, 3.63) is 83.4 Å². The molecule has 178 valence electrons. The first-order valence-electron chi connectivity index (χ1n) is 10.5. The molecule has 4 aromatic rings. The lowest BCUT2D eigenvalue weighted by Gasteiger charge is -2.06. The van der Waals surface area contributed by atoms with Gasteiger partial charge in [0.2, 0.25) is 11.8 Å². The van der Waals surface area contributed by atoms with Crippen LogP contribution in [0.25, 0.3) is 10.2 Å². The average Bonchev–Trinajstić information content (AvgIpc) is 3.26. The van der Waals surface area contributed by atoms with E-state index in [4.69, 9.17) is 11.6 Å². The van der Waals surface area contributed by atoms with Crippen LogP contribution in [0.5, 0.6) is 0 Å². The van der Waals surface area contributed by atoms with E-state index in [9.17, 15) is 14.4 Å². The first kappa shape index (κ1) is 25.2. The number of hydrogen-bond acceptors (Lipinski definition) is 7. The van der Waals surface area contributed by atoms with Crippen LogP contribution in [0.1, 0.15) is 10.4 Å². The lowest BCUT2D eigenvalue weighted by molar-refractivity contribution is -0.114. The highest BCUT2D eigenvalue weighted by Crippen LogP contribution is 2.31. The van der Waals surface area contributed by atoms with Gasteiger partial charge in [-0.2, -0.15) is 0 Å². The summed E-state index contributed by atoms with van der Waals surface area (Å²) in [4.78, 5) is 41.2. The van der Waals surface area contributed by atoms with Crippen LogP contribution in [0.15, 0.2) is 77.1 Å². The highest BCUT2D eigenvalue weighted by Gasteiger charge is 2.12. The van der Waals surface area contributed by atoms with Gasteiger partial charge in [0, 0.05) is 22.0 Å². The van der Waals surface area contributed by atoms with Gasteiger partial charge in [0.15, 0.2) is 10.1 Å². The van der Waals surface area contributed by atoms with Crippen molar-refractivity contribution in [1.82, 2.24) is 4.98 Å². The van der Waals surface area contributed by atoms with E-state index in [-0.39, 0.29) is 34.9 Å². The molecule has 2 N–H and O–H groups in total. The topological polar surface area (TPSA) is 88.2 Å². The van der Waals surface area contributed by atoms with Crippen molar-refractivity contribution in [3.8, 4) is 0 Å². The summed E-state index contributed by atoms with van der Waals surface area (Å²) in [6, 6.07) is 21.5. The first-order valence-corrected chi connectivity index (χ1v) is 13.8. The molecule has 2 amide bonds. The summed E-state index contributed by atoms with van der Waals surface area (Å²) < 4.78 is 1.70. The molecule has 0 unspecified atom stereocenters. The first-order chi connectivity index (χ1) is 17.0. The van der Waals surface area contributed by atoms with Gasteiger partial charge in [-0.15, -0.1) is 23.1 Å². The number of hydrogen-bond donors (Lipinski definition) is 2. The third-order valence-electron chi connectivity index (χ3n) is 4.67. The Kier molecular flexibility index (Phi) is 8.81. The van der Waals surface area contributed by atoms with Crippen LogP contribution in [0.2, 0.25) is 5.02 Å². The normalized spacial score (nSPS) is 10.8. The summed E-state index contributed by atoms with van der Waals surface area (Å²) in [5.74, 6) is 0.297. The molecule has 0 radical (unpaired) electrons. The Morgan fingerprint density at radius 3 is 2.23 bits per heavy atom. The summed E-state index contributed by atoms with van der Waals surface area (Å²) in [6.45, 7) is 0. The molecule has 0 saturated heterocycles. The Hall–Kier alpha value is -2.85. The molecule has 0 aliphatic heterocycles. The van der Waals surface area contributed by atoms with Gasteiger partial charge in [0.25, 0.3) is 0 Å². The smallest absolute Gasteiger partial charge is 0.234 e. The van der Waals surface area contributed by atoms with E-state index in [1.54, 1.807) is 30.3 Å². The lowest BCUT2D eigenvalue weighted by Crippen LogP contribution is -2.18. The number of carbonyl (C=O) groups is 3. The zero-order valence-corrected chi connectivity index (χ0v) is 21.5. The molecular weight excluding hydrogens is 522 g/mol. The van der Waals surface area contributed by atoms with E-state index in [0.717, 1.165) is 20.2 Å². The second kappa shape index (κ2) is 12.2. The molecule has 0 aliphatic rings. The van der Waals surface area contributed by atoms with Crippen LogP contribution in [0.4, 0.5) is 11.4 Å². The van der Waals surface area contributed by atoms with Crippen molar-refractivity contribution in [2.45, 2.75) is 4.34 Å². The molecule has 0 saturated carbocycles. The summed E-state index contributed by atoms with van der Waals surface area (Å²) in [5, 5.41) is 6.24. The summed E-state index contributed by atoms with van der Waals surface area (Å²) >= 11 is 9.98. The number of aromatic nitrogens is 1. The third-order valence-corrected chi connectivity index (χ3v) is 8.02. The maximum Gasteiger partial charge on any atom is 0.234 e. The Labute approximate surface area is 219 Å². The molecule has 3 aromatic carbocycles. The second-order valence-electron chi connectivity index (χ2n) is 7.34. The minimum absolute atomic E-state index is 0.00817. The van der Waals surface area contributed by atoms with Crippen molar-refractivity contribution in [2.75, 3.05) is 27.9 Å². The Bertz CT molecular complexity index is 1340. The number of amides is 2. The van der Waals surface area contributed by atoms with Crippen LogP contribution in [-0.4, -0.2) is 39.8 Å². The highest BCUT2D eigenvalue weighted by atomic mass is 35.5. The number of halogens is 1. The number of benzene rings is 3. The van der Waals surface area contributed by atoms with Crippen LogP contribution >= 0.6 is 46.5 Å². The van der Waals surface area contributed by atoms with Gasteiger partial charge < -0.3 is 10.6 Å². The van der Waals surface area contributed by atoms with E-state index in [1.165, 1.54) is 34.9 Å². The largest absolute Gasteiger partial charge is 0.325 e. The molecule has 0 bridgehead atoms. The number of nitrogens with one attached hydrogen (secondary N) is 2. The molecule has 35 heavy (non-hydrogen) atoms. The second-order valence-corrected chi connectivity index (χ2v) is 11.0. The van der Waals surface area contributed by atoms with Crippen LogP contribution in [-0.2, 0) is 9.59 Å². The van der Waals surface area contributed by atoms with Gasteiger partial charge >= 0.3 is 0 Å². The van der Waals surface area contributed by atoms with Gasteiger partial charge in [-0.25, -0.2) is 4.98 Å². The van der Waals surface area contributed by atoms with Gasteiger partial charge in [0.1, 0.15) is 0 Å². The Morgan fingerprint density at radius 2 is 1.51 bits per heavy atom. The number of para-hydroxylation sites is 1. The van der Waals surface area contributed by atoms with Crippen LogP contribution in [0.3, 0.4) is 0 Å². The standard InChI is InChI=1S/C25H20ClN3O3S3/c26-17-8-6-16(7-9-17)21(30)13-34-25-29-20-11-10-19(12-22(20)35-25)28-24(32)15-33-14-23(31)27-18-4-2-1-3-5-18/h1-12H,13-15H2,(H,27,31)(H,28,32). The van der Waals surface area contributed by atoms with Crippen molar-refractivity contribution in [2.24, 2.45) is 0 Å². The third kappa shape index (κ3) is 7.57. The number of anilines is 2. The summed E-state index contributed by atoms with van der Waals surface area (Å²) in [7, 11) is 0. The van der Waals surface area contributed by atoms with E-state index >= 15 is 0 Å². The van der Waals surface area contributed by atoms with Crippen molar-refractivity contribution in [1.29, 1.82) is 0 Å². The number of Topliss-reactive ketones (excluding diaryl/α,β-unsaturated/α-hetero) is 1. The fraction of sp³-hybridized carbons (Fsp3) is 0.120. The maximum atomic E-state index is 12.4. The zero-order chi connectivity index (χ0) is 24.6. The highest BCUT2D eigenvalue weighted by molar-refractivity contribution is 8.01. The molecule has 0 spiro atoms. The molecular formula is C25H20ClN3O3S3. The van der Waals surface area contributed by atoms with Gasteiger partial charge in [-0.1, -0.05) is 41.6 Å². The maximum absolute atomic E-state index is 12.4. The van der Waals surface area contributed by atoms with Gasteiger partial charge in [-0.05, 0) is 54.6 Å². The van der Waals surface area contributed by atoms with Crippen molar-refractivity contribution in [3.63, 3.8) is 0 Å². The summed E-state index contributed by atoms with van der Waals surface area (Å²) in [6.07, 6.45) is 0. The molecule has 0 aliphatic carbocycles. The van der Waals surface area contributed by atoms with Crippen molar-refractivity contribution >= 4 is 85.7 Å². The quantitative estimate of drug-likeness (QED) is 0.183. The van der Waals surface area contributed by atoms with Gasteiger partial charge in [-0.3, -0.25) is 14.4 Å². The fourth-order valence-electron chi connectivity index (χ4n) is 3.04. The molecule has 4 rings (SSSR count). The zero-order valence-electron chi connectivity index (χ0n) is 18.3. The Balaban J connectivity index is 1.25. The predicted molar refractivity (Wildman–Crippen MR) is 147 cm³/mol. The van der Waals surface area contributed by atoms with Gasteiger partial charge in [0.05, 0.1) is 27.5 Å².